The molecule has 66 valence electrons. The minimum atomic E-state index is 0.972. The predicted molar refractivity (Wildman–Crippen MR) is 50.1 cm³/mol. The van der Waals surface area contributed by atoms with Gasteiger partial charge in [0, 0.05) is 6.20 Å². The molecule has 0 fully saturated rings. The molecule has 0 N–H and O–H groups in total. The topological polar surface area (TPSA) is 25.8 Å². The van der Waals surface area contributed by atoms with Gasteiger partial charge in [0.2, 0.25) is 0 Å². The zero-order valence-electron chi connectivity index (χ0n) is 8.09. The summed E-state index contributed by atoms with van der Waals surface area (Å²) in [5.74, 6) is 0. The average molecular weight is 164 g/mol. The summed E-state index contributed by atoms with van der Waals surface area (Å²) in [6.07, 6.45) is 5.04. The minimum absolute atomic E-state index is 0.972. The van der Waals surface area contributed by atoms with Gasteiger partial charge < -0.3 is 0 Å². The standard InChI is InChI=1S/C10H16N2/c1-4-6-10-8(3)12-9(5-2)7-11-10/h7H,4-6H2,1-3H3. The molecule has 0 bridgehead atoms. The van der Waals surface area contributed by atoms with Crippen LogP contribution in [0.1, 0.15) is 37.4 Å². The first kappa shape index (κ1) is 9.17. The molecule has 0 unspecified atom stereocenters. The van der Waals surface area contributed by atoms with E-state index in [9.17, 15) is 0 Å². The van der Waals surface area contributed by atoms with Crippen LogP contribution in [0.2, 0.25) is 0 Å². The van der Waals surface area contributed by atoms with Gasteiger partial charge in [0.1, 0.15) is 0 Å². The molecule has 0 aromatic carbocycles. The van der Waals surface area contributed by atoms with E-state index in [2.05, 4.69) is 23.8 Å². The lowest BCUT2D eigenvalue weighted by Gasteiger charge is -2.03. The van der Waals surface area contributed by atoms with Gasteiger partial charge in [0.05, 0.1) is 17.1 Å². The fourth-order valence-corrected chi connectivity index (χ4v) is 1.21. The quantitative estimate of drug-likeness (QED) is 0.685. The van der Waals surface area contributed by atoms with Crippen LogP contribution < -0.4 is 0 Å². The first-order valence-electron chi connectivity index (χ1n) is 4.59. The van der Waals surface area contributed by atoms with E-state index in [1.807, 2.05) is 13.1 Å². The summed E-state index contributed by atoms with van der Waals surface area (Å²) in [6.45, 7) is 6.30. The maximum absolute atomic E-state index is 4.45. The molecular weight excluding hydrogens is 148 g/mol. The Morgan fingerprint density at radius 1 is 1.33 bits per heavy atom. The Labute approximate surface area is 74.1 Å². The molecule has 0 atom stereocenters. The Morgan fingerprint density at radius 3 is 2.58 bits per heavy atom. The van der Waals surface area contributed by atoms with Gasteiger partial charge in [-0.3, -0.25) is 9.97 Å². The van der Waals surface area contributed by atoms with E-state index < -0.39 is 0 Å². The number of aromatic nitrogens is 2. The summed E-state index contributed by atoms with van der Waals surface area (Å²) >= 11 is 0. The van der Waals surface area contributed by atoms with Crippen molar-refractivity contribution in [3.8, 4) is 0 Å². The van der Waals surface area contributed by atoms with Crippen LogP contribution in [0.3, 0.4) is 0 Å². The molecule has 0 radical (unpaired) electrons. The van der Waals surface area contributed by atoms with E-state index in [4.69, 9.17) is 0 Å². The Balaban J connectivity index is 2.87. The fraction of sp³-hybridized carbons (Fsp3) is 0.600. The van der Waals surface area contributed by atoms with Crippen LogP contribution in [-0.2, 0) is 12.8 Å². The van der Waals surface area contributed by atoms with Gasteiger partial charge in [0.15, 0.2) is 0 Å². The second-order valence-electron chi connectivity index (χ2n) is 3.00. The Kier molecular flexibility index (Phi) is 3.20. The van der Waals surface area contributed by atoms with Gasteiger partial charge >= 0.3 is 0 Å². The summed E-state index contributed by atoms with van der Waals surface area (Å²) in [6, 6.07) is 0. The monoisotopic (exact) mass is 164 g/mol. The molecule has 0 aliphatic rings. The third-order valence-electron chi connectivity index (χ3n) is 1.95. The number of hydrogen-bond donors (Lipinski definition) is 0. The highest BCUT2D eigenvalue weighted by molar-refractivity contribution is 5.12. The van der Waals surface area contributed by atoms with Crippen LogP contribution in [0.5, 0.6) is 0 Å². The van der Waals surface area contributed by atoms with Gasteiger partial charge in [-0.05, 0) is 19.8 Å². The number of rotatable bonds is 3. The molecule has 0 aliphatic heterocycles. The highest BCUT2D eigenvalue weighted by Gasteiger charge is 2.00. The van der Waals surface area contributed by atoms with Crippen molar-refractivity contribution in [2.45, 2.75) is 40.0 Å². The lowest BCUT2D eigenvalue weighted by Crippen LogP contribution is -1.99. The van der Waals surface area contributed by atoms with Gasteiger partial charge in [-0.25, -0.2) is 0 Å². The molecule has 0 amide bonds. The summed E-state index contributed by atoms with van der Waals surface area (Å²) in [7, 11) is 0. The molecule has 2 heteroatoms. The zero-order valence-corrected chi connectivity index (χ0v) is 8.09. The van der Waals surface area contributed by atoms with Gasteiger partial charge in [-0.2, -0.15) is 0 Å². The van der Waals surface area contributed by atoms with Crippen LogP contribution in [0.25, 0.3) is 0 Å². The van der Waals surface area contributed by atoms with Crippen molar-refractivity contribution in [3.63, 3.8) is 0 Å². The van der Waals surface area contributed by atoms with Crippen molar-refractivity contribution >= 4 is 0 Å². The molecule has 0 spiro atoms. The second-order valence-corrected chi connectivity index (χ2v) is 3.00. The van der Waals surface area contributed by atoms with Crippen molar-refractivity contribution in [2.75, 3.05) is 0 Å². The molecule has 0 aliphatic carbocycles. The highest BCUT2D eigenvalue weighted by Crippen LogP contribution is 2.05. The molecule has 12 heavy (non-hydrogen) atoms. The zero-order chi connectivity index (χ0) is 8.97. The van der Waals surface area contributed by atoms with Crippen molar-refractivity contribution in [1.82, 2.24) is 9.97 Å². The Morgan fingerprint density at radius 2 is 2.08 bits per heavy atom. The number of hydrogen-bond acceptors (Lipinski definition) is 2. The van der Waals surface area contributed by atoms with Crippen molar-refractivity contribution in [2.24, 2.45) is 0 Å². The molecule has 1 aromatic rings. The minimum Gasteiger partial charge on any atom is -0.258 e. The normalized spacial score (nSPS) is 10.2. The van der Waals surface area contributed by atoms with Gasteiger partial charge in [-0.1, -0.05) is 20.3 Å². The molecule has 1 rings (SSSR count). The van der Waals surface area contributed by atoms with Gasteiger partial charge in [-0.15, -0.1) is 0 Å². The van der Waals surface area contributed by atoms with E-state index in [0.717, 1.165) is 36.3 Å². The Bertz CT molecular complexity index is 256. The molecule has 1 heterocycles. The van der Waals surface area contributed by atoms with Crippen molar-refractivity contribution in [1.29, 1.82) is 0 Å². The van der Waals surface area contributed by atoms with E-state index in [1.165, 1.54) is 0 Å². The first-order valence-corrected chi connectivity index (χ1v) is 4.59. The molecule has 0 saturated carbocycles. The van der Waals surface area contributed by atoms with Crippen molar-refractivity contribution in [3.05, 3.63) is 23.3 Å². The third kappa shape index (κ3) is 2.03. The van der Waals surface area contributed by atoms with Crippen LogP contribution in [0.15, 0.2) is 6.20 Å². The summed E-state index contributed by atoms with van der Waals surface area (Å²) in [4.78, 5) is 8.82. The van der Waals surface area contributed by atoms with Crippen LogP contribution in [-0.4, -0.2) is 9.97 Å². The molecule has 2 nitrogen and oxygen atoms in total. The molecule has 0 saturated heterocycles. The van der Waals surface area contributed by atoms with E-state index in [1.54, 1.807) is 0 Å². The third-order valence-corrected chi connectivity index (χ3v) is 1.95. The van der Waals surface area contributed by atoms with Gasteiger partial charge in [0.25, 0.3) is 0 Å². The maximum Gasteiger partial charge on any atom is 0.0616 e. The summed E-state index contributed by atoms with van der Waals surface area (Å²) in [5.41, 5.74) is 3.33. The largest absolute Gasteiger partial charge is 0.258 e. The molecule has 1 aromatic heterocycles. The summed E-state index contributed by atoms with van der Waals surface area (Å²) in [5, 5.41) is 0. The highest BCUT2D eigenvalue weighted by atomic mass is 14.8. The second kappa shape index (κ2) is 4.19. The maximum atomic E-state index is 4.45. The average Bonchev–Trinajstić information content (AvgIpc) is 2.09. The van der Waals surface area contributed by atoms with Crippen molar-refractivity contribution < 1.29 is 0 Å². The van der Waals surface area contributed by atoms with Crippen LogP contribution in [0, 0.1) is 6.92 Å². The van der Waals surface area contributed by atoms with E-state index in [0.29, 0.717) is 0 Å². The SMILES string of the molecule is CCCc1ncc(CC)nc1C. The van der Waals surface area contributed by atoms with E-state index >= 15 is 0 Å². The lowest BCUT2D eigenvalue weighted by atomic mass is 10.2. The first-order chi connectivity index (χ1) is 5.77. The smallest absolute Gasteiger partial charge is 0.0616 e. The van der Waals surface area contributed by atoms with E-state index in [-0.39, 0.29) is 0 Å². The predicted octanol–water partition coefficient (Wildman–Crippen LogP) is 2.30. The summed E-state index contributed by atoms with van der Waals surface area (Å²) < 4.78 is 0. The van der Waals surface area contributed by atoms with Crippen LogP contribution in [0.4, 0.5) is 0 Å². The molecular formula is C10H16N2. The van der Waals surface area contributed by atoms with Crippen LogP contribution >= 0.6 is 0 Å². The fourth-order valence-electron chi connectivity index (χ4n) is 1.21. The Hall–Kier alpha value is -0.920. The number of nitrogens with zero attached hydrogens (tertiary/aromatic N) is 2. The number of aryl methyl sites for hydroxylation is 3. The lowest BCUT2D eigenvalue weighted by molar-refractivity contribution is 0.834.